The molecule has 1 atom stereocenters. The Bertz CT molecular complexity index is 643. The molecule has 112 valence electrons. The number of ether oxygens (including phenoxy) is 1. The van der Waals surface area contributed by atoms with Crippen molar-refractivity contribution in [1.29, 1.82) is 0 Å². The molecular formula is C14H17BrN4O2. The lowest BCUT2D eigenvalue weighted by Gasteiger charge is -2.08. The molecule has 3 rings (SSSR count). The van der Waals surface area contributed by atoms with Gasteiger partial charge in [0.25, 0.3) is 5.91 Å². The van der Waals surface area contributed by atoms with Crippen LogP contribution in [0.3, 0.4) is 0 Å². The van der Waals surface area contributed by atoms with Crippen molar-refractivity contribution in [3.05, 3.63) is 34.8 Å². The molecule has 1 fully saturated rings. The molecule has 6 nitrogen and oxygen atoms in total. The lowest BCUT2D eigenvalue weighted by molar-refractivity contribution is 0.0940. The van der Waals surface area contributed by atoms with Gasteiger partial charge in [0, 0.05) is 30.5 Å². The van der Waals surface area contributed by atoms with Gasteiger partial charge in [-0.1, -0.05) is 0 Å². The first kappa shape index (κ1) is 14.3. The van der Waals surface area contributed by atoms with Crippen LogP contribution in [-0.4, -0.2) is 33.0 Å². The highest BCUT2D eigenvalue weighted by Crippen LogP contribution is 2.17. The number of anilines is 1. The number of halogens is 1. The minimum atomic E-state index is -0.153. The second kappa shape index (κ2) is 6.03. The fraction of sp³-hybridized carbons (Fsp3) is 0.429. The third-order valence-electron chi connectivity index (χ3n) is 3.51. The standard InChI is InChI=1S/C14H17BrN4O2/c1-18-7-10(15)5-13(18)14(20)17-11-6-16-19(8-11)9-12-3-2-4-21-12/h5-8,12H,2-4,9H2,1H3,(H,17,20). The van der Waals surface area contributed by atoms with E-state index < -0.39 is 0 Å². The number of amides is 1. The predicted molar refractivity (Wildman–Crippen MR) is 82.3 cm³/mol. The van der Waals surface area contributed by atoms with Gasteiger partial charge in [0.1, 0.15) is 5.69 Å². The number of carbonyl (C=O) groups is 1. The summed E-state index contributed by atoms with van der Waals surface area (Å²) in [6, 6.07) is 1.78. The molecule has 0 saturated carbocycles. The maximum atomic E-state index is 12.2. The Morgan fingerprint density at radius 3 is 3.10 bits per heavy atom. The summed E-state index contributed by atoms with van der Waals surface area (Å²) >= 11 is 3.36. The largest absolute Gasteiger partial charge is 0.376 e. The smallest absolute Gasteiger partial charge is 0.272 e. The first-order valence-electron chi connectivity index (χ1n) is 6.89. The number of aromatic nitrogens is 3. The van der Waals surface area contributed by atoms with Crippen molar-refractivity contribution in [1.82, 2.24) is 14.3 Å². The second-order valence-electron chi connectivity index (χ2n) is 5.19. The van der Waals surface area contributed by atoms with E-state index in [9.17, 15) is 4.79 Å². The summed E-state index contributed by atoms with van der Waals surface area (Å²) in [4.78, 5) is 12.2. The fourth-order valence-electron chi connectivity index (χ4n) is 2.47. The number of hydrogen-bond acceptors (Lipinski definition) is 3. The van der Waals surface area contributed by atoms with Gasteiger partial charge in [0.15, 0.2) is 0 Å². The van der Waals surface area contributed by atoms with E-state index in [2.05, 4.69) is 26.3 Å². The molecule has 2 aromatic rings. The lowest BCUT2D eigenvalue weighted by Crippen LogP contribution is -2.16. The highest BCUT2D eigenvalue weighted by molar-refractivity contribution is 9.10. The summed E-state index contributed by atoms with van der Waals surface area (Å²) in [6.45, 7) is 1.56. The van der Waals surface area contributed by atoms with E-state index in [-0.39, 0.29) is 12.0 Å². The molecule has 1 N–H and O–H groups in total. The molecule has 1 unspecified atom stereocenters. The molecule has 0 bridgehead atoms. The van der Waals surface area contributed by atoms with Gasteiger partial charge in [-0.15, -0.1) is 0 Å². The van der Waals surface area contributed by atoms with Crippen LogP contribution in [0.15, 0.2) is 29.1 Å². The molecule has 3 heterocycles. The molecule has 0 aliphatic carbocycles. The molecule has 1 aliphatic rings. The van der Waals surface area contributed by atoms with E-state index in [1.807, 2.05) is 24.1 Å². The van der Waals surface area contributed by atoms with Gasteiger partial charge < -0.3 is 14.6 Å². The maximum Gasteiger partial charge on any atom is 0.272 e. The number of nitrogens with zero attached hydrogens (tertiary/aromatic N) is 3. The molecule has 0 aromatic carbocycles. The Kier molecular flexibility index (Phi) is 4.12. The van der Waals surface area contributed by atoms with E-state index >= 15 is 0 Å². The van der Waals surface area contributed by atoms with Crippen molar-refractivity contribution in [3.8, 4) is 0 Å². The van der Waals surface area contributed by atoms with E-state index in [4.69, 9.17) is 4.74 Å². The van der Waals surface area contributed by atoms with Crippen LogP contribution in [0.5, 0.6) is 0 Å². The van der Waals surface area contributed by atoms with Gasteiger partial charge in [-0.2, -0.15) is 5.10 Å². The Labute approximate surface area is 131 Å². The Hall–Kier alpha value is -1.60. The highest BCUT2D eigenvalue weighted by Gasteiger charge is 2.17. The molecule has 7 heteroatoms. The van der Waals surface area contributed by atoms with Gasteiger partial charge in [-0.3, -0.25) is 9.48 Å². The van der Waals surface area contributed by atoms with Crippen LogP contribution < -0.4 is 5.32 Å². The molecule has 0 radical (unpaired) electrons. The number of aryl methyl sites for hydroxylation is 1. The number of carbonyl (C=O) groups excluding carboxylic acids is 1. The van der Waals surface area contributed by atoms with Crippen LogP contribution in [0.1, 0.15) is 23.3 Å². The Morgan fingerprint density at radius 2 is 2.43 bits per heavy atom. The van der Waals surface area contributed by atoms with Crippen molar-refractivity contribution < 1.29 is 9.53 Å². The minimum absolute atomic E-state index is 0.153. The van der Waals surface area contributed by atoms with Gasteiger partial charge in [0.05, 0.1) is 24.5 Å². The third-order valence-corrected chi connectivity index (χ3v) is 3.94. The summed E-state index contributed by atoms with van der Waals surface area (Å²) in [5, 5.41) is 7.11. The van der Waals surface area contributed by atoms with Crippen molar-refractivity contribution in [2.45, 2.75) is 25.5 Å². The molecule has 2 aromatic heterocycles. The zero-order chi connectivity index (χ0) is 14.8. The third kappa shape index (κ3) is 3.36. The molecule has 1 amide bonds. The van der Waals surface area contributed by atoms with Crippen molar-refractivity contribution in [2.24, 2.45) is 7.05 Å². The number of rotatable bonds is 4. The Balaban J connectivity index is 1.63. The first-order valence-corrected chi connectivity index (χ1v) is 7.68. The zero-order valence-corrected chi connectivity index (χ0v) is 13.3. The quantitative estimate of drug-likeness (QED) is 0.918. The molecule has 1 aliphatic heterocycles. The van der Waals surface area contributed by atoms with Gasteiger partial charge in [0.2, 0.25) is 0 Å². The fourth-order valence-corrected chi connectivity index (χ4v) is 2.99. The van der Waals surface area contributed by atoms with Gasteiger partial charge in [-0.25, -0.2) is 0 Å². The van der Waals surface area contributed by atoms with Crippen LogP contribution in [0, 0.1) is 0 Å². The second-order valence-corrected chi connectivity index (χ2v) is 6.11. The van der Waals surface area contributed by atoms with Crippen LogP contribution in [0.4, 0.5) is 5.69 Å². The summed E-state index contributed by atoms with van der Waals surface area (Å²) in [5.41, 5.74) is 1.28. The SMILES string of the molecule is Cn1cc(Br)cc1C(=O)Nc1cnn(CC2CCCO2)c1. The highest BCUT2D eigenvalue weighted by atomic mass is 79.9. The van der Waals surface area contributed by atoms with Crippen molar-refractivity contribution in [2.75, 3.05) is 11.9 Å². The van der Waals surface area contributed by atoms with E-state index in [1.165, 1.54) is 0 Å². The lowest BCUT2D eigenvalue weighted by atomic mass is 10.2. The first-order chi connectivity index (χ1) is 10.1. The van der Waals surface area contributed by atoms with Crippen LogP contribution >= 0.6 is 15.9 Å². The zero-order valence-electron chi connectivity index (χ0n) is 11.8. The van der Waals surface area contributed by atoms with Crippen LogP contribution in [0.2, 0.25) is 0 Å². The Morgan fingerprint density at radius 1 is 1.57 bits per heavy atom. The molecule has 1 saturated heterocycles. The van der Waals surface area contributed by atoms with Crippen LogP contribution in [-0.2, 0) is 18.3 Å². The summed E-state index contributed by atoms with van der Waals surface area (Å²) in [7, 11) is 1.83. The maximum absolute atomic E-state index is 12.2. The van der Waals surface area contributed by atoms with E-state index in [0.717, 1.165) is 30.5 Å². The summed E-state index contributed by atoms with van der Waals surface area (Å²) < 4.78 is 10.0. The van der Waals surface area contributed by atoms with Crippen molar-refractivity contribution in [3.63, 3.8) is 0 Å². The topological polar surface area (TPSA) is 61.1 Å². The number of hydrogen-bond donors (Lipinski definition) is 1. The average Bonchev–Trinajstić information content (AvgIpc) is 3.13. The van der Waals surface area contributed by atoms with Gasteiger partial charge >= 0.3 is 0 Å². The van der Waals surface area contributed by atoms with Crippen LogP contribution in [0.25, 0.3) is 0 Å². The van der Waals surface area contributed by atoms with E-state index in [0.29, 0.717) is 11.4 Å². The molecular weight excluding hydrogens is 336 g/mol. The monoisotopic (exact) mass is 352 g/mol. The van der Waals surface area contributed by atoms with Crippen molar-refractivity contribution >= 4 is 27.5 Å². The molecule has 21 heavy (non-hydrogen) atoms. The number of nitrogens with one attached hydrogen (secondary N) is 1. The normalized spacial score (nSPS) is 18.1. The van der Waals surface area contributed by atoms with Gasteiger partial charge in [-0.05, 0) is 34.8 Å². The predicted octanol–water partition coefficient (Wildman–Crippen LogP) is 2.42. The summed E-state index contributed by atoms with van der Waals surface area (Å²) in [5.74, 6) is -0.153. The summed E-state index contributed by atoms with van der Waals surface area (Å²) in [6.07, 6.45) is 7.74. The molecule has 0 spiro atoms. The average molecular weight is 353 g/mol. The minimum Gasteiger partial charge on any atom is -0.376 e. The van der Waals surface area contributed by atoms with E-state index in [1.54, 1.807) is 16.8 Å².